The number of pyridine rings is 1. The molecule has 2 saturated carbocycles. The second-order valence-electron chi connectivity index (χ2n) is 8.69. The number of carbonyl (C=O) groups excluding carboxylic acids is 1. The van der Waals surface area contributed by atoms with Crippen molar-refractivity contribution in [1.29, 1.82) is 0 Å². The van der Waals surface area contributed by atoms with Crippen molar-refractivity contribution in [2.45, 2.75) is 56.5 Å². The number of aliphatic hydroxyl groups excluding tert-OH is 1. The highest BCUT2D eigenvalue weighted by atomic mass is 19.1. The minimum Gasteiger partial charge on any atom is -0.393 e. The number of carbonyl (C=O) groups is 1. The number of nitrogens with one attached hydrogen (secondary N) is 3. The molecule has 10 nitrogen and oxygen atoms in total. The summed E-state index contributed by atoms with van der Waals surface area (Å²) in [6.07, 6.45) is 4.45. The fraction of sp³-hybridized carbons (Fsp3) is 0.455. The Bertz CT molecular complexity index is 1250. The van der Waals surface area contributed by atoms with Crippen LogP contribution in [-0.4, -0.2) is 55.5 Å². The molecule has 3 aromatic rings. The number of aromatic nitrogens is 4. The largest absolute Gasteiger partial charge is 0.393 e. The Hall–Kier alpha value is -3.47. The highest BCUT2D eigenvalue weighted by Crippen LogP contribution is 2.33. The van der Waals surface area contributed by atoms with Gasteiger partial charge in [0.15, 0.2) is 5.65 Å². The summed E-state index contributed by atoms with van der Waals surface area (Å²) in [4.78, 5) is 30.3. The summed E-state index contributed by atoms with van der Waals surface area (Å²) in [6, 6.07) is 4.83. The van der Waals surface area contributed by atoms with Gasteiger partial charge >= 0.3 is 0 Å². The molecule has 3 aromatic heterocycles. The maximum Gasteiger partial charge on any atom is 0.274 e. The number of halogens is 1. The van der Waals surface area contributed by atoms with E-state index in [0.29, 0.717) is 54.2 Å². The van der Waals surface area contributed by atoms with E-state index in [1.165, 1.54) is 10.7 Å². The van der Waals surface area contributed by atoms with Crippen LogP contribution in [0.1, 0.15) is 48.5 Å². The molecular formula is C22H26FN7O3. The van der Waals surface area contributed by atoms with Gasteiger partial charge in [-0.15, -0.1) is 0 Å². The number of fused-ring (bicyclic) bond motifs is 1. The predicted molar refractivity (Wildman–Crippen MR) is 121 cm³/mol. The molecule has 1 amide bonds. The Labute approximate surface area is 188 Å². The van der Waals surface area contributed by atoms with E-state index >= 15 is 0 Å². The molecule has 5 rings (SSSR count). The van der Waals surface area contributed by atoms with Crippen LogP contribution in [0.2, 0.25) is 0 Å². The maximum atomic E-state index is 13.3. The van der Waals surface area contributed by atoms with E-state index in [1.54, 1.807) is 36.0 Å². The summed E-state index contributed by atoms with van der Waals surface area (Å²) in [5, 5.41) is 23.0. The molecular weight excluding hydrogens is 429 g/mol. The zero-order chi connectivity index (χ0) is 23.1. The minimum atomic E-state index is -0.861. The lowest BCUT2D eigenvalue weighted by Gasteiger charge is -2.31. The number of anilines is 3. The molecule has 3 heterocycles. The molecule has 0 aromatic carbocycles. The van der Waals surface area contributed by atoms with Gasteiger partial charge in [0.1, 0.15) is 29.1 Å². The zero-order valence-corrected chi connectivity index (χ0v) is 18.2. The Morgan fingerprint density at radius 1 is 1.27 bits per heavy atom. The summed E-state index contributed by atoms with van der Waals surface area (Å²) in [6.45, 7) is 0. The fourth-order valence-corrected chi connectivity index (χ4v) is 4.50. The van der Waals surface area contributed by atoms with Crippen LogP contribution in [0.5, 0.6) is 0 Å². The van der Waals surface area contributed by atoms with Gasteiger partial charge in [0.05, 0.1) is 12.3 Å². The van der Waals surface area contributed by atoms with Crippen LogP contribution in [0.15, 0.2) is 35.4 Å². The van der Waals surface area contributed by atoms with E-state index in [4.69, 9.17) is 0 Å². The summed E-state index contributed by atoms with van der Waals surface area (Å²) >= 11 is 0. The smallest absolute Gasteiger partial charge is 0.274 e. The highest BCUT2D eigenvalue weighted by Gasteiger charge is 2.31. The predicted octanol–water partition coefficient (Wildman–Crippen LogP) is 1.99. The first-order chi connectivity index (χ1) is 15.9. The van der Waals surface area contributed by atoms with Gasteiger partial charge in [0.2, 0.25) is 0 Å². The number of amides is 1. The minimum absolute atomic E-state index is 0.0919. The van der Waals surface area contributed by atoms with Crippen molar-refractivity contribution < 1.29 is 14.3 Å². The maximum absolute atomic E-state index is 13.3. The quantitative estimate of drug-likeness (QED) is 0.448. The van der Waals surface area contributed by atoms with Crippen molar-refractivity contribution in [3.63, 3.8) is 0 Å². The van der Waals surface area contributed by atoms with Crippen molar-refractivity contribution >= 4 is 28.9 Å². The number of nitrogens with zero attached hydrogens (tertiary/aromatic N) is 4. The Balaban J connectivity index is 1.44. The lowest BCUT2D eigenvalue weighted by molar-refractivity contribution is 0.0935. The first-order valence-electron chi connectivity index (χ1n) is 11.1. The van der Waals surface area contributed by atoms with Crippen molar-refractivity contribution in [3.05, 3.63) is 46.5 Å². The van der Waals surface area contributed by atoms with Crippen LogP contribution >= 0.6 is 0 Å². The van der Waals surface area contributed by atoms with E-state index in [0.717, 1.165) is 6.42 Å². The molecule has 2 aliphatic rings. The van der Waals surface area contributed by atoms with Crippen molar-refractivity contribution in [1.82, 2.24) is 24.5 Å². The number of alkyl halides is 1. The standard InChI is InChI=1S/C22H26FN7O3/c1-24-19-10-18(27-17-3-2-6-29(22(17)33)14-7-12(23)8-14)28-20-16(11-25-30(19)20)21(32)26-13-4-5-15(31)9-13/h2-3,6,10-15,24,31H,4-5,7-9H2,1H3,(H,26,32)(H,27,28)/t12?,13-,14?,15+/m1/s1. The van der Waals surface area contributed by atoms with Gasteiger partial charge in [-0.2, -0.15) is 9.61 Å². The SMILES string of the molecule is CNc1cc(Nc2cccn(C3CC(F)C3)c2=O)nc2c(C(=O)N[C@@H]3CC[C@H](O)C3)cnn12. The fourth-order valence-electron chi connectivity index (χ4n) is 4.50. The van der Waals surface area contributed by atoms with Gasteiger partial charge in [-0.25, -0.2) is 9.37 Å². The van der Waals surface area contributed by atoms with Crippen LogP contribution < -0.4 is 21.5 Å². The van der Waals surface area contributed by atoms with Crippen molar-refractivity contribution in [2.75, 3.05) is 17.7 Å². The van der Waals surface area contributed by atoms with Gasteiger partial charge in [-0.05, 0) is 44.2 Å². The van der Waals surface area contributed by atoms with Crippen LogP contribution in [0, 0.1) is 0 Å². The Kier molecular flexibility index (Phi) is 5.49. The number of hydrogen-bond donors (Lipinski definition) is 4. The average molecular weight is 455 g/mol. The first kappa shape index (κ1) is 21.4. The van der Waals surface area contributed by atoms with E-state index in [2.05, 4.69) is 26.0 Å². The summed E-state index contributed by atoms with van der Waals surface area (Å²) in [5.41, 5.74) is 0.680. The lowest BCUT2D eigenvalue weighted by Crippen LogP contribution is -2.35. The van der Waals surface area contributed by atoms with Gasteiger partial charge in [-0.1, -0.05) is 0 Å². The summed E-state index contributed by atoms with van der Waals surface area (Å²) in [7, 11) is 1.72. The van der Waals surface area contributed by atoms with Crippen LogP contribution in [0.3, 0.4) is 0 Å². The van der Waals surface area contributed by atoms with Gasteiger partial charge in [-0.3, -0.25) is 9.59 Å². The topological polar surface area (TPSA) is 126 Å². The molecule has 33 heavy (non-hydrogen) atoms. The van der Waals surface area contributed by atoms with Crippen molar-refractivity contribution in [2.24, 2.45) is 0 Å². The second kappa shape index (κ2) is 8.47. The number of hydrogen-bond acceptors (Lipinski definition) is 7. The number of rotatable bonds is 6. The third-order valence-electron chi connectivity index (χ3n) is 6.40. The van der Waals surface area contributed by atoms with Crippen LogP contribution in [-0.2, 0) is 0 Å². The molecule has 0 aliphatic heterocycles. The molecule has 0 bridgehead atoms. The molecule has 2 fully saturated rings. The Morgan fingerprint density at radius 3 is 2.79 bits per heavy atom. The molecule has 174 valence electrons. The molecule has 2 aliphatic carbocycles. The normalized spacial score (nSPS) is 24.5. The third kappa shape index (κ3) is 4.04. The molecule has 0 unspecified atom stereocenters. The average Bonchev–Trinajstić information content (AvgIpc) is 3.38. The first-order valence-corrected chi connectivity index (χ1v) is 11.1. The molecule has 0 spiro atoms. The molecule has 2 atom stereocenters. The molecule has 11 heteroatoms. The van der Waals surface area contributed by atoms with Gasteiger partial charge in [0.25, 0.3) is 11.5 Å². The van der Waals surface area contributed by atoms with Crippen LogP contribution in [0.25, 0.3) is 5.65 Å². The molecule has 4 N–H and O–H groups in total. The van der Waals surface area contributed by atoms with Crippen molar-refractivity contribution in [3.8, 4) is 0 Å². The summed E-state index contributed by atoms with van der Waals surface area (Å²) < 4.78 is 16.3. The second-order valence-corrected chi connectivity index (χ2v) is 8.69. The third-order valence-corrected chi connectivity index (χ3v) is 6.40. The molecule has 0 saturated heterocycles. The Morgan fingerprint density at radius 2 is 2.09 bits per heavy atom. The number of aliphatic hydroxyl groups is 1. The summed E-state index contributed by atoms with van der Waals surface area (Å²) in [5.74, 6) is 0.626. The zero-order valence-electron chi connectivity index (χ0n) is 18.2. The van der Waals surface area contributed by atoms with Gasteiger partial charge < -0.3 is 25.6 Å². The molecule has 0 radical (unpaired) electrons. The van der Waals surface area contributed by atoms with Gasteiger partial charge in [0, 0.05) is 31.4 Å². The van der Waals surface area contributed by atoms with Crippen LogP contribution in [0.4, 0.5) is 21.7 Å². The van der Waals surface area contributed by atoms with E-state index in [1.807, 2.05) is 0 Å². The lowest BCUT2D eigenvalue weighted by atomic mass is 9.90. The van der Waals surface area contributed by atoms with E-state index in [-0.39, 0.29) is 23.6 Å². The highest BCUT2D eigenvalue weighted by molar-refractivity contribution is 6.00. The monoisotopic (exact) mass is 455 g/mol. The van der Waals surface area contributed by atoms with E-state index < -0.39 is 12.3 Å². The van der Waals surface area contributed by atoms with E-state index in [9.17, 15) is 19.1 Å².